The van der Waals surface area contributed by atoms with E-state index in [4.69, 9.17) is 4.74 Å². The third-order valence-corrected chi connectivity index (χ3v) is 3.44. The molecule has 5 nitrogen and oxygen atoms in total. The first kappa shape index (κ1) is 17.5. The van der Waals surface area contributed by atoms with E-state index in [1.54, 1.807) is 24.3 Å². The Bertz CT molecular complexity index is 694. The number of carbonyl (C=O) groups excluding carboxylic acids is 2. The van der Waals surface area contributed by atoms with E-state index >= 15 is 0 Å². The molecule has 0 saturated carbocycles. The maximum absolute atomic E-state index is 12.4. The van der Waals surface area contributed by atoms with Gasteiger partial charge in [0, 0.05) is 18.3 Å². The molecular weight excluding hydrogens is 304 g/mol. The lowest BCUT2D eigenvalue weighted by Gasteiger charge is -2.17. The molecular formula is C19H22N2O3. The van der Waals surface area contributed by atoms with Crippen molar-refractivity contribution in [1.29, 1.82) is 0 Å². The maximum atomic E-state index is 12.4. The van der Waals surface area contributed by atoms with E-state index in [9.17, 15) is 9.59 Å². The number of hydrogen-bond acceptors (Lipinski definition) is 3. The molecule has 0 heterocycles. The average Bonchev–Trinajstić information content (AvgIpc) is 2.55. The van der Waals surface area contributed by atoms with Gasteiger partial charge >= 0.3 is 0 Å². The largest absolute Gasteiger partial charge is 0.481 e. The predicted molar refractivity (Wildman–Crippen MR) is 95.3 cm³/mol. The van der Waals surface area contributed by atoms with E-state index in [-0.39, 0.29) is 11.8 Å². The first-order valence-electron chi connectivity index (χ1n) is 7.89. The molecule has 0 aliphatic heterocycles. The van der Waals surface area contributed by atoms with Crippen LogP contribution in [0.1, 0.15) is 25.8 Å². The van der Waals surface area contributed by atoms with E-state index in [0.717, 1.165) is 5.56 Å². The number of anilines is 2. The second-order valence-electron chi connectivity index (χ2n) is 5.58. The van der Waals surface area contributed by atoms with Gasteiger partial charge in [0.1, 0.15) is 5.75 Å². The van der Waals surface area contributed by atoms with Crippen LogP contribution in [0.2, 0.25) is 0 Å². The highest BCUT2D eigenvalue weighted by atomic mass is 16.5. The minimum atomic E-state index is -0.567. The lowest BCUT2D eigenvalue weighted by molar-refractivity contribution is -0.122. The highest BCUT2D eigenvalue weighted by Gasteiger charge is 2.18. The second kappa shape index (κ2) is 8.15. The van der Waals surface area contributed by atoms with Crippen molar-refractivity contribution in [3.63, 3.8) is 0 Å². The highest BCUT2D eigenvalue weighted by molar-refractivity contribution is 5.95. The first-order valence-corrected chi connectivity index (χ1v) is 7.89. The third-order valence-electron chi connectivity index (χ3n) is 3.44. The minimum absolute atomic E-state index is 0.135. The molecule has 2 N–H and O–H groups in total. The number of amides is 2. The Hall–Kier alpha value is -2.82. The summed E-state index contributed by atoms with van der Waals surface area (Å²) < 4.78 is 5.76. The van der Waals surface area contributed by atoms with Gasteiger partial charge in [0.15, 0.2) is 6.10 Å². The number of nitrogens with one attached hydrogen (secondary N) is 2. The molecule has 0 fully saturated rings. The van der Waals surface area contributed by atoms with Crippen molar-refractivity contribution < 1.29 is 14.3 Å². The van der Waals surface area contributed by atoms with Crippen molar-refractivity contribution in [2.45, 2.75) is 33.3 Å². The molecule has 5 heteroatoms. The lowest BCUT2D eigenvalue weighted by atomic mass is 10.2. The van der Waals surface area contributed by atoms with Gasteiger partial charge in [-0.1, -0.05) is 24.6 Å². The van der Waals surface area contributed by atoms with Gasteiger partial charge < -0.3 is 15.4 Å². The van der Waals surface area contributed by atoms with E-state index in [2.05, 4.69) is 10.6 Å². The molecule has 2 aromatic carbocycles. The van der Waals surface area contributed by atoms with Crippen molar-refractivity contribution in [3.05, 3.63) is 54.1 Å². The molecule has 2 amide bonds. The maximum Gasteiger partial charge on any atom is 0.265 e. The third kappa shape index (κ3) is 5.12. The van der Waals surface area contributed by atoms with Crippen LogP contribution in [0.3, 0.4) is 0 Å². The summed E-state index contributed by atoms with van der Waals surface area (Å²) in [6.07, 6.45) is -0.00771. The van der Waals surface area contributed by atoms with Gasteiger partial charge in [-0.25, -0.2) is 0 Å². The molecule has 2 rings (SSSR count). The summed E-state index contributed by atoms with van der Waals surface area (Å²) in [5, 5.41) is 5.51. The number of carbonyl (C=O) groups is 2. The zero-order valence-corrected chi connectivity index (χ0v) is 14.1. The van der Waals surface area contributed by atoms with Crippen LogP contribution >= 0.6 is 0 Å². The van der Waals surface area contributed by atoms with Crippen LogP contribution in [0.5, 0.6) is 5.75 Å². The Kier molecular flexibility index (Phi) is 5.95. The normalized spacial score (nSPS) is 11.5. The Morgan fingerprint density at radius 3 is 2.00 bits per heavy atom. The van der Waals surface area contributed by atoms with Crippen molar-refractivity contribution in [2.24, 2.45) is 0 Å². The molecule has 1 atom stereocenters. The van der Waals surface area contributed by atoms with Crippen molar-refractivity contribution in [1.82, 2.24) is 0 Å². The molecule has 126 valence electrons. The van der Waals surface area contributed by atoms with Gasteiger partial charge in [-0.15, -0.1) is 0 Å². The molecule has 0 unspecified atom stereocenters. The molecule has 0 bridgehead atoms. The fourth-order valence-electron chi connectivity index (χ4n) is 2.17. The zero-order chi connectivity index (χ0) is 17.5. The molecule has 0 aromatic heterocycles. The number of ether oxygens (including phenoxy) is 1. The topological polar surface area (TPSA) is 67.4 Å². The van der Waals surface area contributed by atoms with Crippen molar-refractivity contribution >= 4 is 23.2 Å². The van der Waals surface area contributed by atoms with Crippen LogP contribution < -0.4 is 15.4 Å². The Balaban J connectivity index is 1.98. The summed E-state index contributed by atoms with van der Waals surface area (Å²) in [5.41, 5.74) is 2.47. The number of rotatable bonds is 6. The number of aryl methyl sites for hydroxylation is 1. The van der Waals surface area contributed by atoms with Gasteiger partial charge in [-0.05, 0) is 49.7 Å². The van der Waals surface area contributed by atoms with E-state index in [0.29, 0.717) is 23.5 Å². The van der Waals surface area contributed by atoms with Gasteiger partial charge in [-0.3, -0.25) is 9.59 Å². The van der Waals surface area contributed by atoms with Crippen LogP contribution in [-0.2, 0) is 9.59 Å². The minimum Gasteiger partial charge on any atom is -0.481 e. The zero-order valence-electron chi connectivity index (χ0n) is 14.1. The van der Waals surface area contributed by atoms with Crippen LogP contribution in [0.25, 0.3) is 0 Å². The fraction of sp³-hybridized carbons (Fsp3) is 0.263. The van der Waals surface area contributed by atoms with Crippen LogP contribution in [0.15, 0.2) is 48.5 Å². The smallest absolute Gasteiger partial charge is 0.265 e. The molecule has 0 aliphatic rings. The molecule has 0 saturated heterocycles. The fourth-order valence-corrected chi connectivity index (χ4v) is 2.17. The first-order chi connectivity index (χ1) is 11.5. The highest BCUT2D eigenvalue weighted by Crippen LogP contribution is 2.17. The van der Waals surface area contributed by atoms with Gasteiger partial charge in [0.2, 0.25) is 5.91 Å². The Morgan fingerprint density at radius 2 is 1.50 bits per heavy atom. The van der Waals surface area contributed by atoms with Crippen molar-refractivity contribution in [3.8, 4) is 5.75 Å². The summed E-state index contributed by atoms with van der Waals surface area (Å²) >= 11 is 0. The summed E-state index contributed by atoms with van der Waals surface area (Å²) in [5.74, 6) is 0.332. The van der Waals surface area contributed by atoms with Crippen LogP contribution in [0, 0.1) is 6.92 Å². The average molecular weight is 326 g/mol. The van der Waals surface area contributed by atoms with E-state index < -0.39 is 6.10 Å². The van der Waals surface area contributed by atoms with E-state index in [1.807, 2.05) is 38.1 Å². The standard InChI is InChI=1S/C19H22N2O3/c1-4-18(24-17-11-5-13(2)6-12-17)19(23)21-16-9-7-15(8-10-16)20-14(3)22/h5-12,18H,4H2,1-3H3,(H,20,22)(H,21,23)/t18-/m0/s1. The second-order valence-corrected chi connectivity index (χ2v) is 5.58. The van der Waals surface area contributed by atoms with Gasteiger partial charge in [-0.2, -0.15) is 0 Å². The molecule has 24 heavy (non-hydrogen) atoms. The predicted octanol–water partition coefficient (Wildman–Crippen LogP) is 3.75. The number of benzene rings is 2. The summed E-state index contributed by atoms with van der Waals surface area (Å²) in [7, 11) is 0. The summed E-state index contributed by atoms with van der Waals surface area (Å²) in [4.78, 5) is 23.4. The summed E-state index contributed by atoms with van der Waals surface area (Å²) in [6.45, 7) is 5.35. The molecule has 0 radical (unpaired) electrons. The van der Waals surface area contributed by atoms with Gasteiger partial charge in [0.05, 0.1) is 0 Å². The Labute approximate surface area is 142 Å². The quantitative estimate of drug-likeness (QED) is 0.849. The Morgan fingerprint density at radius 1 is 0.958 bits per heavy atom. The van der Waals surface area contributed by atoms with E-state index in [1.165, 1.54) is 6.92 Å². The molecule has 2 aromatic rings. The van der Waals surface area contributed by atoms with Gasteiger partial charge in [0.25, 0.3) is 5.91 Å². The van der Waals surface area contributed by atoms with Crippen molar-refractivity contribution in [2.75, 3.05) is 10.6 Å². The van der Waals surface area contributed by atoms with Crippen LogP contribution in [0.4, 0.5) is 11.4 Å². The molecule has 0 aliphatic carbocycles. The summed E-state index contributed by atoms with van der Waals surface area (Å²) in [6, 6.07) is 14.5. The SMILES string of the molecule is CC[C@H](Oc1ccc(C)cc1)C(=O)Nc1ccc(NC(C)=O)cc1. The monoisotopic (exact) mass is 326 g/mol. The van der Waals surface area contributed by atoms with Crippen LogP contribution in [-0.4, -0.2) is 17.9 Å². The lowest BCUT2D eigenvalue weighted by Crippen LogP contribution is -2.32. The molecule has 0 spiro atoms. The number of hydrogen-bond donors (Lipinski definition) is 2.